The van der Waals surface area contributed by atoms with E-state index in [4.69, 9.17) is 5.73 Å². The van der Waals surface area contributed by atoms with E-state index in [1.54, 1.807) is 25.3 Å². The summed E-state index contributed by atoms with van der Waals surface area (Å²) in [6.45, 7) is 1.12. The molecular formula is C29H24F3N3O4. The Bertz CT molecular complexity index is 1580. The second-order valence-corrected chi connectivity index (χ2v) is 9.16. The third-order valence-electron chi connectivity index (χ3n) is 5.99. The molecule has 7 nitrogen and oxygen atoms in total. The molecule has 200 valence electrons. The molecule has 0 spiro atoms. The number of amides is 2. The van der Waals surface area contributed by atoms with Gasteiger partial charge in [0.15, 0.2) is 0 Å². The standard InChI is InChI=1S/C29H24F3N3O4/c1-28(17-36,15-21-16-34-24-5-3-2-4-22(21)24)35-27(38)23-14-19(10-13-25(23)39-29(30,31)32)7-6-18-8-11-20(12-9-18)26(33)37/h2-5,8-14,16,34,36H,15,17H2,1H3,(H2,33,37)(H,35,38). The van der Waals surface area contributed by atoms with Crippen LogP contribution in [0.2, 0.25) is 0 Å². The van der Waals surface area contributed by atoms with Crippen molar-refractivity contribution < 1.29 is 32.6 Å². The number of alkyl halides is 3. The number of nitrogens with two attached hydrogens (primary N) is 1. The van der Waals surface area contributed by atoms with Gasteiger partial charge in [-0.05, 0) is 67.4 Å². The largest absolute Gasteiger partial charge is 0.573 e. The summed E-state index contributed by atoms with van der Waals surface area (Å²) in [4.78, 5) is 27.6. The highest BCUT2D eigenvalue weighted by Gasteiger charge is 2.34. The second-order valence-electron chi connectivity index (χ2n) is 9.16. The van der Waals surface area contributed by atoms with Crippen molar-refractivity contribution in [3.8, 4) is 17.6 Å². The van der Waals surface area contributed by atoms with Crippen molar-refractivity contribution in [3.63, 3.8) is 0 Å². The number of aromatic nitrogens is 1. The lowest BCUT2D eigenvalue weighted by Gasteiger charge is -2.29. The highest BCUT2D eigenvalue weighted by molar-refractivity contribution is 5.98. The minimum atomic E-state index is -5.03. The molecule has 0 fully saturated rings. The van der Waals surface area contributed by atoms with E-state index in [9.17, 15) is 27.9 Å². The number of halogens is 3. The first-order valence-electron chi connectivity index (χ1n) is 11.8. The number of rotatable bonds is 7. The average molecular weight is 536 g/mol. The van der Waals surface area contributed by atoms with Crippen LogP contribution in [-0.2, 0) is 6.42 Å². The number of hydrogen-bond acceptors (Lipinski definition) is 4. The molecule has 1 atom stereocenters. The van der Waals surface area contributed by atoms with Crippen molar-refractivity contribution in [1.29, 1.82) is 0 Å². The molecule has 1 aromatic heterocycles. The van der Waals surface area contributed by atoms with Gasteiger partial charge in [-0.1, -0.05) is 30.0 Å². The highest BCUT2D eigenvalue weighted by atomic mass is 19.4. The summed E-state index contributed by atoms with van der Waals surface area (Å²) >= 11 is 0. The Hall–Kier alpha value is -4.75. The minimum absolute atomic E-state index is 0.204. The zero-order valence-electron chi connectivity index (χ0n) is 20.7. The fourth-order valence-electron chi connectivity index (χ4n) is 4.04. The minimum Gasteiger partial charge on any atom is -0.405 e. The molecule has 0 aliphatic heterocycles. The number of nitrogens with one attached hydrogen (secondary N) is 2. The number of H-pyrrole nitrogens is 1. The van der Waals surface area contributed by atoms with E-state index in [0.717, 1.165) is 22.5 Å². The van der Waals surface area contributed by atoms with Crippen molar-refractivity contribution in [3.05, 3.63) is 101 Å². The molecule has 0 saturated carbocycles. The fraction of sp³-hybridized carbons (Fsp3) is 0.172. The number of fused-ring (bicyclic) bond motifs is 1. The number of para-hydroxylation sites is 1. The van der Waals surface area contributed by atoms with E-state index in [2.05, 4.69) is 26.9 Å². The van der Waals surface area contributed by atoms with Crippen molar-refractivity contribution in [2.75, 3.05) is 6.61 Å². The van der Waals surface area contributed by atoms with Crippen LogP contribution >= 0.6 is 0 Å². The topological polar surface area (TPSA) is 117 Å². The zero-order chi connectivity index (χ0) is 28.2. The van der Waals surface area contributed by atoms with Crippen LogP contribution in [0.4, 0.5) is 13.2 Å². The van der Waals surface area contributed by atoms with Crippen molar-refractivity contribution in [2.45, 2.75) is 25.2 Å². The van der Waals surface area contributed by atoms with Gasteiger partial charge >= 0.3 is 6.36 Å². The molecule has 4 aromatic rings. The van der Waals surface area contributed by atoms with E-state index >= 15 is 0 Å². The van der Waals surface area contributed by atoms with Gasteiger partial charge in [-0.2, -0.15) is 0 Å². The number of ether oxygens (including phenoxy) is 1. The first-order valence-corrected chi connectivity index (χ1v) is 11.8. The molecule has 1 unspecified atom stereocenters. The highest BCUT2D eigenvalue weighted by Crippen LogP contribution is 2.29. The van der Waals surface area contributed by atoms with Crippen LogP contribution in [0.25, 0.3) is 10.9 Å². The summed E-state index contributed by atoms with van der Waals surface area (Å²) in [5.41, 5.74) is 6.37. The van der Waals surface area contributed by atoms with Crippen LogP contribution in [0.15, 0.2) is 72.9 Å². The normalized spacial score (nSPS) is 12.7. The number of primary amides is 1. The Morgan fingerprint density at radius 1 is 1.03 bits per heavy atom. The second kappa shape index (κ2) is 10.9. The lowest BCUT2D eigenvalue weighted by molar-refractivity contribution is -0.274. The Balaban J connectivity index is 1.63. The van der Waals surface area contributed by atoms with Crippen LogP contribution in [0.3, 0.4) is 0 Å². The number of aromatic amines is 1. The molecule has 4 rings (SSSR count). The Kier molecular flexibility index (Phi) is 7.65. The molecule has 0 radical (unpaired) electrons. The van der Waals surface area contributed by atoms with Crippen molar-refractivity contribution in [2.24, 2.45) is 5.73 Å². The first kappa shape index (κ1) is 27.3. The van der Waals surface area contributed by atoms with E-state index in [1.807, 2.05) is 24.3 Å². The number of carbonyl (C=O) groups excluding carboxylic acids is 2. The Morgan fingerprint density at radius 2 is 1.69 bits per heavy atom. The van der Waals surface area contributed by atoms with E-state index < -0.39 is 41.6 Å². The summed E-state index contributed by atoms with van der Waals surface area (Å²) in [6.07, 6.45) is -3.07. The summed E-state index contributed by atoms with van der Waals surface area (Å²) in [5.74, 6) is 3.45. The molecule has 3 aromatic carbocycles. The van der Waals surface area contributed by atoms with E-state index in [-0.39, 0.29) is 12.0 Å². The predicted octanol–water partition coefficient (Wildman–Crippen LogP) is 4.29. The molecule has 2 amide bonds. The van der Waals surface area contributed by atoms with Crippen LogP contribution in [-0.4, -0.2) is 40.4 Å². The Labute approximate surface area is 221 Å². The van der Waals surface area contributed by atoms with Gasteiger partial charge < -0.3 is 25.9 Å². The van der Waals surface area contributed by atoms with Crippen LogP contribution in [0.5, 0.6) is 5.75 Å². The number of benzene rings is 3. The molecule has 0 bridgehead atoms. The number of carbonyl (C=O) groups is 2. The molecule has 10 heteroatoms. The van der Waals surface area contributed by atoms with Crippen LogP contribution in [0, 0.1) is 11.8 Å². The first-order chi connectivity index (χ1) is 18.5. The van der Waals surface area contributed by atoms with Crippen LogP contribution in [0.1, 0.15) is 44.3 Å². The van der Waals surface area contributed by atoms with Gasteiger partial charge in [0.25, 0.3) is 5.91 Å². The summed E-state index contributed by atoms with van der Waals surface area (Å²) in [6, 6.07) is 17.1. The number of aliphatic hydroxyl groups is 1. The monoisotopic (exact) mass is 535 g/mol. The fourth-order valence-corrected chi connectivity index (χ4v) is 4.04. The molecule has 0 saturated heterocycles. The lowest BCUT2D eigenvalue weighted by Crippen LogP contribution is -2.50. The maximum Gasteiger partial charge on any atom is 0.573 e. The summed E-state index contributed by atoms with van der Waals surface area (Å²) < 4.78 is 43.4. The maximum atomic E-state index is 13.3. The molecule has 39 heavy (non-hydrogen) atoms. The maximum absolute atomic E-state index is 13.3. The zero-order valence-corrected chi connectivity index (χ0v) is 20.7. The van der Waals surface area contributed by atoms with Gasteiger partial charge in [0.2, 0.25) is 5.91 Å². The predicted molar refractivity (Wildman–Crippen MR) is 139 cm³/mol. The van der Waals surface area contributed by atoms with Gasteiger partial charge in [-0.3, -0.25) is 9.59 Å². The third kappa shape index (κ3) is 6.77. The summed E-state index contributed by atoms with van der Waals surface area (Å²) in [7, 11) is 0. The molecular weight excluding hydrogens is 511 g/mol. The molecule has 0 aliphatic carbocycles. The van der Waals surface area contributed by atoms with E-state index in [0.29, 0.717) is 11.1 Å². The van der Waals surface area contributed by atoms with Crippen molar-refractivity contribution in [1.82, 2.24) is 10.3 Å². The van der Waals surface area contributed by atoms with Gasteiger partial charge in [0, 0.05) is 33.8 Å². The van der Waals surface area contributed by atoms with Gasteiger partial charge in [0.05, 0.1) is 17.7 Å². The number of aliphatic hydroxyl groups excluding tert-OH is 1. The Morgan fingerprint density at radius 3 is 2.36 bits per heavy atom. The molecule has 0 aliphatic rings. The van der Waals surface area contributed by atoms with Gasteiger partial charge in [-0.15, -0.1) is 13.2 Å². The van der Waals surface area contributed by atoms with Crippen LogP contribution < -0.4 is 15.8 Å². The molecule has 5 N–H and O–H groups in total. The van der Waals surface area contributed by atoms with E-state index in [1.165, 1.54) is 24.3 Å². The van der Waals surface area contributed by atoms with Crippen molar-refractivity contribution >= 4 is 22.7 Å². The lowest BCUT2D eigenvalue weighted by atomic mass is 9.92. The third-order valence-corrected chi connectivity index (χ3v) is 5.99. The van der Waals surface area contributed by atoms with Gasteiger partial charge in [-0.25, -0.2) is 0 Å². The number of hydrogen-bond donors (Lipinski definition) is 4. The van der Waals surface area contributed by atoms with Gasteiger partial charge in [0.1, 0.15) is 5.75 Å². The molecule has 1 heterocycles. The SMILES string of the molecule is CC(CO)(Cc1c[nH]c2ccccc12)NC(=O)c1cc(C#Cc2ccc(C(N)=O)cc2)ccc1OC(F)(F)F. The summed E-state index contributed by atoms with van der Waals surface area (Å²) in [5, 5.41) is 13.7. The average Bonchev–Trinajstić information content (AvgIpc) is 3.29. The quantitative estimate of drug-likeness (QED) is 0.264. The smallest absolute Gasteiger partial charge is 0.405 e.